The van der Waals surface area contributed by atoms with Gasteiger partial charge >= 0.3 is 6.18 Å². The van der Waals surface area contributed by atoms with E-state index in [9.17, 15) is 13.2 Å². The second kappa shape index (κ2) is 6.15. The average molecular weight is 258 g/mol. The monoisotopic (exact) mass is 258 g/mol. The van der Waals surface area contributed by atoms with Crippen LogP contribution < -0.4 is 10.1 Å². The fourth-order valence-electron chi connectivity index (χ4n) is 1.10. The Kier molecular flexibility index (Phi) is 4.84. The zero-order valence-corrected chi connectivity index (χ0v) is 9.79. The molecule has 1 N–H and O–H groups in total. The van der Waals surface area contributed by atoms with Gasteiger partial charge < -0.3 is 10.1 Å². The van der Waals surface area contributed by atoms with Crippen molar-refractivity contribution < 1.29 is 17.9 Å². The van der Waals surface area contributed by atoms with Crippen LogP contribution in [0, 0.1) is 11.5 Å². The predicted molar refractivity (Wildman–Crippen MR) is 59.8 cm³/mol. The molecule has 1 aliphatic rings. The number of nitriles is 1. The smallest absolute Gasteiger partial charge is 0.416 e. The Hall–Kier alpha value is -1.90. The second-order valence-electron chi connectivity index (χ2n) is 3.70. The van der Waals surface area contributed by atoms with Crippen LogP contribution in [0.3, 0.4) is 0 Å². The van der Waals surface area contributed by atoms with Crippen LogP contribution in [0.1, 0.15) is 18.4 Å². The normalized spacial score (nSPS) is 13.9. The summed E-state index contributed by atoms with van der Waals surface area (Å²) in [4.78, 5) is 0. The Morgan fingerprint density at radius 1 is 1.28 bits per heavy atom. The number of ether oxygens (including phenoxy) is 1. The number of hydrogen-bond donors (Lipinski definition) is 1. The summed E-state index contributed by atoms with van der Waals surface area (Å²) in [5, 5.41) is 9.75. The van der Waals surface area contributed by atoms with Crippen LogP contribution in [-0.4, -0.2) is 13.2 Å². The van der Waals surface area contributed by atoms with Crippen molar-refractivity contribution in [3.63, 3.8) is 0 Å². The molecule has 0 unspecified atom stereocenters. The molecule has 2 rings (SSSR count). The molecular formula is C12H13F3N2O. The minimum atomic E-state index is -4.27. The molecule has 1 aromatic rings. The zero-order chi connectivity index (χ0) is 13.6. The van der Waals surface area contributed by atoms with E-state index in [-0.39, 0.29) is 6.10 Å². The van der Waals surface area contributed by atoms with Crippen molar-refractivity contribution in [3.05, 3.63) is 29.8 Å². The third kappa shape index (κ3) is 4.95. The van der Waals surface area contributed by atoms with E-state index in [1.807, 2.05) is 0 Å². The lowest BCUT2D eigenvalue weighted by molar-refractivity contribution is -0.137. The van der Waals surface area contributed by atoms with Crippen molar-refractivity contribution in [2.75, 3.05) is 7.05 Å². The van der Waals surface area contributed by atoms with Crippen LogP contribution in [0.2, 0.25) is 0 Å². The Labute approximate surface area is 103 Å². The van der Waals surface area contributed by atoms with Crippen molar-refractivity contribution in [2.24, 2.45) is 0 Å². The lowest BCUT2D eigenvalue weighted by Crippen LogP contribution is -2.04. The van der Waals surface area contributed by atoms with Crippen LogP contribution >= 0.6 is 0 Å². The standard InChI is InChI=1S/C10H9F3O.C2H4N2/c11-10(12,13)7-1-3-8(4-2-7)14-9-5-6-9;1-4-2-3/h1-4,9H,5-6H2;4H,1H3. The van der Waals surface area contributed by atoms with Crippen LogP contribution in [0.5, 0.6) is 5.75 Å². The average Bonchev–Trinajstić information content (AvgIpc) is 3.13. The fraction of sp³-hybridized carbons (Fsp3) is 0.417. The number of alkyl halides is 3. The molecule has 1 fully saturated rings. The molecular weight excluding hydrogens is 245 g/mol. The highest BCUT2D eigenvalue weighted by molar-refractivity contribution is 5.29. The van der Waals surface area contributed by atoms with Crippen molar-refractivity contribution in [1.82, 2.24) is 5.32 Å². The van der Waals surface area contributed by atoms with Gasteiger partial charge in [0, 0.05) is 7.05 Å². The van der Waals surface area contributed by atoms with Gasteiger partial charge in [-0.1, -0.05) is 0 Å². The van der Waals surface area contributed by atoms with E-state index in [0.29, 0.717) is 5.75 Å². The van der Waals surface area contributed by atoms with Crippen molar-refractivity contribution in [2.45, 2.75) is 25.1 Å². The molecule has 6 heteroatoms. The summed E-state index contributed by atoms with van der Waals surface area (Å²) in [5.41, 5.74) is -0.638. The van der Waals surface area contributed by atoms with Gasteiger partial charge in [0.1, 0.15) is 5.75 Å². The van der Waals surface area contributed by atoms with Crippen LogP contribution in [-0.2, 0) is 6.18 Å². The molecule has 0 saturated heterocycles. The number of rotatable bonds is 2. The van der Waals surface area contributed by atoms with Gasteiger partial charge in [-0.05, 0) is 37.1 Å². The first-order valence-corrected chi connectivity index (χ1v) is 5.37. The minimum absolute atomic E-state index is 0.215. The lowest BCUT2D eigenvalue weighted by Gasteiger charge is -2.08. The number of benzene rings is 1. The van der Waals surface area contributed by atoms with Crippen LogP contribution in [0.25, 0.3) is 0 Å². The number of hydrogen-bond acceptors (Lipinski definition) is 3. The van der Waals surface area contributed by atoms with Gasteiger partial charge in [-0.2, -0.15) is 18.4 Å². The predicted octanol–water partition coefficient (Wildman–Crippen LogP) is 2.93. The molecule has 1 saturated carbocycles. The summed E-state index contributed by atoms with van der Waals surface area (Å²) in [6.07, 6.45) is -0.369. The maximum absolute atomic E-state index is 12.2. The first-order chi connectivity index (χ1) is 8.47. The fourth-order valence-corrected chi connectivity index (χ4v) is 1.10. The van der Waals surface area contributed by atoms with E-state index in [2.05, 4.69) is 5.32 Å². The molecule has 1 aliphatic carbocycles. The highest BCUT2D eigenvalue weighted by Gasteiger charge is 2.30. The summed E-state index contributed by atoms with van der Waals surface area (Å²) in [6, 6.07) is 4.80. The molecule has 0 aliphatic heterocycles. The number of halogens is 3. The summed E-state index contributed by atoms with van der Waals surface area (Å²) in [6.45, 7) is 0. The largest absolute Gasteiger partial charge is 0.490 e. The molecule has 0 amide bonds. The van der Waals surface area contributed by atoms with Crippen LogP contribution in [0.4, 0.5) is 13.2 Å². The van der Waals surface area contributed by atoms with E-state index in [1.54, 1.807) is 13.2 Å². The van der Waals surface area contributed by atoms with E-state index >= 15 is 0 Å². The summed E-state index contributed by atoms with van der Waals surface area (Å²) >= 11 is 0. The Balaban J connectivity index is 0.000000357. The van der Waals surface area contributed by atoms with E-state index in [0.717, 1.165) is 25.0 Å². The molecule has 3 nitrogen and oxygen atoms in total. The Morgan fingerprint density at radius 3 is 2.11 bits per heavy atom. The summed E-state index contributed by atoms with van der Waals surface area (Å²) in [7, 11) is 1.57. The van der Waals surface area contributed by atoms with Crippen molar-refractivity contribution in [3.8, 4) is 11.9 Å². The molecule has 0 aromatic heterocycles. The van der Waals surface area contributed by atoms with Gasteiger partial charge in [-0.25, -0.2) is 0 Å². The quantitative estimate of drug-likeness (QED) is 0.655. The van der Waals surface area contributed by atoms with Gasteiger partial charge in [-0.3, -0.25) is 0 Å². The topological polar surface area (TPSA) is 45.0 Å². The maximum Gasteiger partial charge on any atom is 0.416 e. The number of nitrogens with one attached hydrogen (secondary N) is 1. The van der Waals surface area contributed by atoms with E-state index < -0.39 is 11.7 Å². The second-order valence-corrected chi connectivity index (χ2v) is 3.70. The first-order valence-electron chi connectivity index (χ1n) is 5.37. The highest BCUT2D eigenvalue weighted by Crippen LogP contribution is 2.32. The number of nitrogens with zero attached hydrogens (tertiary/aromatic N) is 1. The van der Waals surface area contributed by atoms with Gasteiger partial charge in [0.25, 0.3) is 0 Å². The molecule has 98 valence electrons. The maximum atomic E-state index is 12.2. The lowest BCUT2D eigenvalue weighted by atomic mass is 10.2. The molecule has 0 spiro atoms. The molecule has 0 bridgehead atoms. The minimum Gasteiger partial charge on any atom is -0.490 e. The third-order valence-corrected chi connectivity index (χ3v) is 2.12. The van der Waals surface area contributed by atoms with Gasteiger partial charge in [-0.15, -0.1) is 0 Å². The molecule has 0 atom stereocenters. The summed E-state index contributed by atoms with van der Waals surface area (Å²) in [5.74, 6) is 0.514. The zero-order valence-electron chi connectivity index (χ0n) is 9.79. The van der Waals surface area contributed by atoms with E-state index in [4.69, 9.17) is 10.00 Å². The first kappa shape index (κ1) is 14.2. The van der Waals surface area contributed by atoms with Gasteiger partial charge in [0.2, 0.25) is 0 Å². The van der Waals surface area contributed by atoms with Crippen LogP contribution in [0.15, 0.2) is 24.3 Å². The molecule has 0 radical (unpaired) electrons. The van der Waals surface area contributed by atoms with Gasteiger partial charge in [0.15, 0.2) is 6.19 Å². The SMILES string of the molecule is CNC#N.FC(F)(F)c1ccc(OC2CC2)cc1. The summed E-state index contributed by atoms with van der Waals surface area (Å²) < 4.78 is 41.8. The third-order valence-electron chi connectivity index (χ3n) is 2.12. The van der Waals surface area contributed by atoms with E-state index in [1.165, 1.54) is 12.1 Å². The van der Waals surface area contributed by atoms with Crippen molar-refractivity contribution in [1.29, 1.82) is 5.26 Å². The molecule has 18 heavy (non-hydrogen) atoms. The Bertz CT molecular complexity index is 405. The van der Waals surface area contributed by atoms with Gasteiger partial charge in [0.05, 0.1) is 11.7 Å². The Morgan fingerprint density at radius 2 is 1.78 bits per heavy atom. The molecule has 0 heterocycles. The highest BCUT2D eigenvalue weighted by atomic mass is 19.4. The molecule has 1 aromatic carbocycles. The van der Waals surface area contributed by atoms with Crippen molar-refractivity contribution >= 4 is 0 Å².